The predicted octanol–water partition coefficient (Wildman–Crippen LogP) is 5.18. The Morgan fingerprint density at radius 2 is 1.65 bits per heavy atom. The third-order valence-electron chi connectivity index (χ3n) is 3.59. The first kappa shape index (κ1) is 16.0. The second kappa shape index (κ2) is 7.57. The Morgan fingerprint density at radius 3 is 2.39 bits per heavy atom. The van der Waals surface area contributed by atoms with Gasteiger partial charge in [0.2, 0.25) is 0 Å². The van der Waals surface area contributed by atoms with Gasteiger partial charge in [0.1, 0.15) is 17.3 Å². The molecule has 23 heavy (non-hydrogen) atoms. The minimum Gasteiger partial charge on any atom is -0.460 e. The third kappa shape index (κ3) is 4.53. The lowest BCUT2D eigenvalue weighted by atomic mass is 10.1. The molecule has 0 atom stereocenters. The van der Waals surface area contributed by atoms with Gasteiger partial charge >= 0.3 is 0 Å². The molecule has 3 rings (SSSR count). The lowest BCUT2D eigenvalue weighted by molar-refractivity contribution is 0.494. The molecule has 0 aliphatic carbocycles. The summed E-state index contributed by atoms with van der Waals surface area (Å²) in [7, 11) is 0. The summed E-state index contributed by atoms with van der Waals surface area (Å²) in [6.07, 6.45) is 0.862. The van der Waals surface area contributed by atoms with Crippen molar-refractivity contribution in [3.05, 3.63) is 82.3 Å². The van der Waals surface area contributed by atoms with E-state index in [9.17, 15) is 4.39 Å². The van der Waals surface area contributed by atoms with Gasteiger partial charge < -0.3 is 9.73 Å². The van der Waals surface area contributed by atoms with Gasteiger partial charge in [-0.05, 0) is 54.9 Å². The van der Waals surface area contributed by atoms with Crippen LogP contribution in [0, 0.1) is 5.82 Å². The zero-order valence-corrected chi connectivity index (χ0v) is 14.1. The Hall–Kier alpha value is -1.91. The smallest absolute Gasteiger partial charge is 0.134 e. The monoisotopic (exact) mass is 373 g/mol. The highest BCUT2D eigenvalue weighted by Gasteiger charge is 2.04. The molecule has 0 aliphatic heterocycles. The Kier molecular flexibility index (Phi) is 5.26. The minimum absolute atomic E-state index is 0.197. The van der Waals surface area contributed by atoms with Crippen molar-refractivity contribution in [2.24, 2.45) is 0 Å². The van der Waals surface area contributed by atoms with Crippen LogP contribution in [0.2, 0.25) is 0 Å². The summed E-state index contributed by atoms with van der Waals surface area (Å²) < 4.78 is 19.7. The summed E-state index contributed by atoms with van der Waals surface area (Å²) in [5.41, 5.74) is 2.18. The zero-order valence-electron chi connectivity index (χ0n) is 12.6. The number of hydrogen-bond donors (Lipinski definition) is 1. The van der Waals surface area contributed by atoms with E-state index in [-0.39, 0.29) is 5.82 Å². The van der Waals surface area contributed by atoms with Crippen molar-refractivity contribution in [2.75, 3.05) is 6.54 Å². The van der Waals surface area contributed by atoms with Crippen LogP contribution in [0.25, 0.3) is 11.3 Å². The van der Waals surface area contributed by atoms with Crippen molar-refractivity contribution in [2.45, 2.75) is 13.0 Å². The maximum atomic E-state index is 12.8. The highest BCUT2D eigenvalue weighted by molar-refractivity contribution is 9.10. The third-order valence-corrected chi connectivity index (χ3v) is 4.12. The van der Waals surface area contributed by atoms with Gasteiger partial charge in [-0.15, -0.1) is 0 Å². The topological polar surface area (TPSA) is 25.2 Å². The fraction of sp³-hybridized carbons (Fsp3) is 0.158. The van der Waals surface area contributed by atoms with E-state index in [1.165, 1.54) is 12.1 Å². The Balaban J connectivity index is 1.49. The molecule has 0 spiro atoms. The molecule has 0 amide bonds. The molecular formula is C19H17BrFNO. The molecule has 0 bridgehead atoms. The van der Waals surface area contributed by atoms with Crippen LogP contribution in [0.3, 0.4) is 0 Å². The molecular weight excluding hydrogens is 357 g/mol. The van der Waals surface area contributed by atoms with E-state index in [2.05, 4.69) is 21.2 Å². The van der Waals surface area contributed by atoms with E-state index in [1.807, 2.05) is 48.5 Å². The first-order valence-corrected chi connectivity index (χ1v) is 8.30. The number of halogens is 2. The van der Waals surface area contributed by atoms with Crippen LogP contribution in [-0.4, -0.2) is 6.54 Å². The molecule has 1 N–H and O–H groups in total. The fourth-order valence-electron chi connectivity index (χ4n) is 2.34. The van der Waals surface area contributed by atoms with E-state index in [1.54, 1.807) is 0 Å². The van der Waals surface area contributed by atoms with Crippen molar-refractivity contribution in [1.29, 1.82) is 0 Å². The van der Waals surface area contributed by atoms with Crippen LogP contribution in [-0.2, 0) is 13.0 Å². The molecule has 0 fully saturated rings. The van der Waals surface area contributed by atoms with Gasteiger partial charge in [0.15, 0.2) is 0 Å². The van der Waals surface area contributed by atoms with Crippen LogP contribution in [0.5, 0.6) is 0 Å². The summed E-state index contributed by atoms with van der Waals surface area (Å²) in [5.74, 6) is 1.58. The van der Waals surface area contributed by atoms with Gasteiger partial charge in [-0.2, -0.15) is 0 Å². The van der Waals surface area contributed by atoms with Gasteiger partial charge in [0.25, 0.3) is 0 Å². The van der Waals surface area contributed by atoms with E-state index in [4.69, 9.17) is 4.42 Å². The molecule has 118 valence electrons. The SMILES string of the molecule is Fc1ccc(CCNCc2ccc(-c3ccc(Br)cc3)o2)cc1. The van der Waals surface area contributed by atoms with E-state index in [0.717, 1.165) is 40.1 Å². The van der Waals surface area contributed by atoms with Gasteiger partial charge in [-0.1, -0.05) is 40.2 Å². The number of benzene rings is 2. The highest BCUT2D eigenvalue weighted by atomic mass is 79.9. The predicted molar refractivity (Wildman–Crippen MR) is 93.7 cm³/mol. The molecule has 0 unspecified atom stereocenters. The first-order chi connectivity index (χ1) is 11.2. The number of furan rings is 1. The Bertz CT molecular complexity index is 750. The van der Waals surface area contributed by atoms with E-state index < -0.39 is 0 Å². The van der Waals surface area contributed by atoms with Gasteiger partial charge in [0, 0.05) is 10.0 Å². The molecule has 3 aromatic rings. The summed E-state index contributed by atoms with van der Waals surface area (Å²) in [4.78, 5) is 0. The van der Waals surface area contributed by atoms with Crippen molar-refractivity contribution in [3.8, 4) is 11.3 Å². The van der Waals surface area contributed by atoms with Crippen molar-refractivity contribution >= 4 is 15.9 Å². The second-order valence-electron chi connectivity index (χ2n) is 5.33. The molecule has 0 aliphatic rings. The maximum absolute atomic E-state index is 12.8. The number of hydrogen-bond acceptors (Lipinski definition) is 2. The van der Waals surface area contributed by atoms with Crippen LogP contribution in [0.1, 0.15) is 11.3 Å². The van der Waals surface area contributed by atoms with Crippen molar-refractivity contribution < 1.29 is 8.81 Å². The molecule has 2 aromatic carbocycles. The van der Waals surface area contributed by atoms with Gasteiger partial charge in [-0.3, -0.25) is 0 Å². The standard InChI is InChI=1S/C19H17BrFNO/c20-16-5-3-15(4-6-16)19-10-9-18(23-19)13-22-12-11-14-1-7-17(21)8-2-14/h1-10,22H,11-13H2. The summed E-state index contributed by atoms with van der Waals surface area (Å²) in [5, 5.41) is 3.34. The van der Waals surface area contributed by atoms with E-state index >= 15 is 0 Å². The summed E-state index contributed by atoms with van der Waals surface area (Å²) in [6, 6.07) is 18.6. The largest absolute Gasteiger partial charge is 0.460 e. The lowest BCUT2D eigenvalue weighted by Crippen LogP contribution is -2.16. The molecule has 0 saturated carbocycles. The average Bonchev–Trinajstić information content (AvgIpc) is 3.03. The van der Waals surface area contributed by atoms with Crippen LogP contribution >= 0.6 is 15.9 Å². The highest BCUT2D eigenvalue weighted by Crippen LogP contribution is 2.23. The molecule has 1 heterocycles. The quantitative estimate of drug-likeness (QED) is 0.602. The lowest BCUT2D eigenvalue weighted by Gasteiger charge is -2.03. The van der Waals surface area contributed by atoms with E-state index in [0.29, 0.717) is 6.54 Å². The van der Waals surface area contributed by atoms with Gasteiger partial charge in [0.05, 0.1) is 6.54 Å². The number of rotatable bonds is 6. The number of nitrogens with one attached hydrogen (secondary N) is 1. The summed E-state index contributed by atoms with van der Waals surface area (Å²) in [6.45, 7) is 1.50. The minimum atomic E-state index is -0.197. The second-order valence-corrected chi connectivity index (χ2v) is 6.24. The van der Waals surface area contributed by atoms with Crippen molar-refractivity contribution in [3.63, 3.8) is 0 Å². The zero-order chi connectivity index (χ0) is 16.1. The van der Waals surface area contributed by atoms with Crippen LogP contribution in [0.15, 0.2) is 69.6 Å². The molecule has 4 heteroatoms. The Labute approximate surface area is 143 Å². The molecule has 1 aromatic heterocycles. The normalized spacial score (nSPS) is 10.9. The maximum Gasteiger partial charge on any atom is 0.134 e. The average molecular weight is 374 g/mol. The molecule has 2 nitrogen and oxygen atoms in total. The summed E-state index contributed by atoms with van der Waals surface area (Å²) >= 11 is 3.43. The molecule has 0 radical (unpaired) electrons. The van der Waals surface area contributed by atoms with Crippen LogP contribution in [0.4, 0.5) is 4.39 Å². The van der Waals surface area contributed by atoms with Gasteiger partial charge in [-0.25, -0.2) is 4.39 Å². The van der Waals surface area contributed by atoms with Crippen molar-refractivity contribution in [1.82, 2.24) is 5.32 Å². The molecule has 0 saturated heterocycles. The fourth-order valence-corrected chi connectivity index (χ4v) is 2.60. The first-order valence-electron chi connectivity index (χ1n) is 7.50. The van der Waals surface area contributed by atoms with Crippen LogP contribution < -0.4 is 5.32 Å². The Morgan fingerprint density at radius 1 is 0.913 bits per heavy atom.